The summed E-state index contributed by atoms with van der Waals surface area (Å²) in [5.74, 6) is 0.496. The van der Waals surface area contributed by atoms with Crippen LogP contribution in [0.1, 0.15) is 49.9 Å². The van der Waals surface area contributed by atoms with Crippen molar-refractivity contribution in [1.82, 2.24) is 29.5 Å². The predicted octanol–water partition coefficient (Wildman–Crippen LogP) is 5.52. The zero-order valence-electron chi connectivity index (χ0n) is 24.3. The number of likely N-dealkylation sites (tertiary alicyclic amines) is 2. The van der Waals surface area contributed by atoms with Gasteiger partial charge in [-0.25, -0.2) is 0 Å². The van der Waals surface area contributed by atoms with Gasteiger partial charge in [0, 0.05) is 41.1 Å². The fourth-order valence-electron chi connectivity index (χ4n) is 6.59. The van der Waals surface area contributed by atoms with Gasteiger partial charge in [-0.15, -0.1) is 0 Å². The number of piperidine rings is 2. The van der Waals surface area contributed by atoms with Gasteiger partial charge >= 0.3 is 0 Å². The molecule has 0 unspecified atom stereocenters. The van der Waals surface area contributed by atoms with Crippen molar-refractivity contribution in [3.8, 4) is 28.3 Å². The van der Waals surface area contributed by atoms with Crippen LogP contribution in [-0.2, 0) is 17.8 Å². The number of rotatable bonds is 5. The summed E-state index contributed by atoms with van der Waals surface area (Å²) < 4.78 is 7.16. The van der Waals surface area contributed by atoms with Gasteiger partial charge in [0.2, 0.25) is 0 Å². The number of carbonyl (C=O) groups excluding carboxylic acids is 1. The zero-order valence-corrected chi connectivity index (χ0v) is 24.3. The van der Waals surface area contributed by atoms with E-state index < -0.39 is 0 Å². The number of carbonyl (C=O) groups is 1. The van der Waals surface area contributed by atoms with Crippen LogP contribution in [-0.4, -0.2) is 75.3 Å². The minimum absolute atomic E-state index is 0.441. The van der Waals surface area contributed by atoms with E-state index in [4.69, 9.17) is 14.8 Å². The largest absolute Gasteiger partial charge is 0.429 e. The lowest BCUT2D eigenvalue weighted by Gasteiger charge is -2.39. The molecule has 0 saturated carbocycles. The Labute approximate surface area is 242 Å². The molecule has 0 aliphatic carbocycles. The first-order valence-electron chi connectivity index (χ1n) is 15.1. The number of nitrogens with zero attached hydrogens (tertiary/aromatic N) is 6. The van der Waals surface area contributed by atoms with Crippen molar-refractivity contribution >= 4 is 17.4 Å². The van der Waals surface area contributed by atoms with E-state index in [0.717, 1.165) is 64.5 Å². The quantitative estimate of drug-likeness (QED) is 0.302. The molecule has 0 spiro atoms. The lowest BCUT2D eigenvalue weighted by molar-refractivity contribution is -0.120. The Hall–Kier alpha value is -3.62. The van der Waals surface area contributed by atoms with Crippen LogP contribution in [0.15, 0.2) is 48.7 Å². The highest BCUT2D eigenvalue weighted by molar-refractivity contribution is 5.99. The normalized spacial score (nSPS) is 18.1. The van der Waals surface area contributed by atoms with E-state index in [1.54, 1.807) is 6.07 Å². The van der Waals surface area contributed by atoms with Gasteiger partial charge in [0.05, 0.1) is 11.2 Å². The van der Waals surface area contributed by atoms with Crippen LogP contribution >= 0.6 is 0 Å². The van der Waals surface area contributed by atoms with Crippen LogP contribution in [0.4, 0.5) is 0 Å². The van der Waals surface area contributed by atoms with E-state index in [1.807, 2.05) is 49.5 Å². The fourth-order valence-corrected chi connectivity index (χ4v) is 6.59. The average molecular weight is 553 g/mol. The van der Waals surface area contributed by atoms with E-state index >= 15 is 0 Å². The van der Waals surface area contributed by atoms with Crippen LogP contribution in [0.5, 0.6) is 5.75 Å². The van der Waals surface area contributed by atoms with E-state index in [9.17, 15) is 4.79 Å². The number of hydrogen-bond acceptors (Lipinski definition) is 7. The third kappa shape index (κ3) is 6.04. The third-order valence-electron chi connectivity index (χ3n) is 8.73. The average Bonchev–Trinajstić information content (AvgIpc) is 3.60. The minimum Gasteiger partial charge on any atom is -0.429 e. The highest BCUT2D eigenvalue weighted by atomic mass is 16.5. The molecule has 0 radical (unpaired) electrons. The first-order valence-corrected chi connectivity index (χ1v) is 15.1. The molecule has 0 atom stereocenters. The van der Waals surface area contributed by atoms with Crippen LogP contribution < -0.4 is 4.74 Å². The molecular formula is C33H40N6O2. The summed E-state index contributed by atoms with van der Waals surface area (Å²) in [6, 6.07) is 14.4. The molecule has 8 nitrogen and oxygen atoms in total. The zero-order chi connectivity index (χ0) is 28.2. The van der Waals surface area contributed by atoms with Crippen molar-refractivity contribution in [2.45, 2.75) is 64.5 Å². The molecule has 2 fully saturated rings. The van der Waals surface area contributed by atoms with Crippen molar-refractivity contribution in [1.29, 1.82) is 0 Å². The van der Waals surface area contributed by atoms with E-state index in [-0.39, 0.29) is 0 Å². The maximum absolute atomic E-state index is 10.8. The van der Waals surface area contributed by atoms with Gasteiger partial charge < -0.3 is 14.5 Å². The van der Waals surface area contributed by atoms with Gasteiger partial charge in [0.1, 0.15) is 11.4 Å². The van der Waals surface area contributed by atoms with E-state index in [1.165, 1.54) is 64.0 Å². The topological polar surface area (TPSA) is 76.4 Å². The molecule has 1 aromatic carbocycles. The number of benzene rings is 1. The van der Waals surface area contributed by atoms with Crippen molar-refractivity contribution in [2.24, 2.45) is 0 Å². The summed E-state index contributed by atoms with van der Waals surface area (Å²) in [6.07, 6.45) is 11.0. The molecule has 7 rings (SSSR count). The summed E-state index contributed by atoms with van der Waals surface area (Å²) >= 11 is 0. The SMILES string of the molecule is CN1CCC(N2CCCCC2)CC1.Cc1cccc(-c2nn3c(c2-c2ccnc4ccc(OC=O)cc24)CCC3)n1. The number of aryl methyl sites for hydroxylation is 2. The monoisotopic (exact) mass is 552 g/mol. The molecule has 41 heavy (non-hydrogen) atoms. The van der Waals surface area contributed by atoms with Gasteiger partial charge in [0.25, 0.3) is 6.47 Å². The predicted molar refractivity (Wildman–Crippen MR) is 162 cm³/mol. The number of hydrogen-bond donors (Lipinski definition) is 0. The smallest absolute Gasteiger partial charge is 0.298 e. The number of fused-ring (bicyclic) bond motifs is 2. The Bertz CT molecular complexity index is 1500. The van der Waals surface area contributed by atoms with Crippen LogP contribution in [0, 0.1) is 6.92 Å². The van der Waals surface area contributed by atoms with E-state index in [0.29, 0.717) is 12.2 Å². The Morgan fingerprint density at radius 3 is 2.56 bits per heavy atom. The van der Waals surface area contributed by atoms with E-state index in [2.05, 4.69) is 26.5 Å². The van der Waals surface area contributed by atoms with Crippen molar-refractivity contribution in [2.75, 3.05) is 33.2 Å². The Morgan fingerprint density at radius 1 is 0.951 bits per heavy atom. The molecule has 8 heteroatoms. The molecule has 0 bridgehead atoms. The summed E-state index contributed by atoms with van der Waals surface area (Å²) in [5.41, 5.74) is 6.88. The fraction of sp³-hybridized carbons (Fsp3) is 0.455. The van der Waals surface area contributed by atoms with Gasteiger partial charge in [-0.05, 0) is 121 Å². The molecule has 3 aromatic heterocycles. The highest BCUT2D eigenvalue weighted by Gasteiger charge is 2.26. The third-order valence-corrected chi connectivity index (χ3v) is 8.73. The number of pyridine rings is 2. The molecule has 4 aromatic rings. The summed E-state index contributed by atoms with van der Waals surface area (Å²) in [4.78, 5) is 25.2. The molecule has 214 valence electrons. The second-order valence-electron chi connectivity index (χ2n) is 11.5. The van der Waals surface area contributed by atoms with Crippen molar-refractivity contribution in [3.05, 3.63) is 60.0 Å². The molecule has 0 amide bonds. The molecular weight excluding hydrogens is 512 g/mol. The van der Waals surface area contributed by atoms with Crippen LogP contribution in [0.2, 0.25) is 0 Å². The first-order chi connectivity index (χ1) is 20.1. The highest BCUT2D eigenvalue weighted by Crippen LogP contribution is 2.40. The Morgan fingerprint density at radius 2 is 1.78 bits per heavy atom. The van der Waals surface area contributed by atoms with Crippen LogP contribution in [0.3, 0.4) is 0 Å². The standard InChI is InChI=1S/C22H18N4O2.C11H22N2/c1-14-4-2-5-19(24-14)22-21(20-6-3-11-26(20)25-22)16-9-10-23-18-8-7-15(28-13-27)12-17(16)18;1-12-9-5-11(6-10-12)13-7-3-2-4-8-13/h2,4-5,7-10,12-13H,3,6,11H2,1H3;11H,2-10H2,1H3. The molecule has 2 saturated heterocycles. The van der Waals surface area contributed by atoms with Crippen LogP contribution in [0.25, 0.3) is 33.4 Å². The second kappa shape index (κ2) is 12.5. The molecule has 6 heterocycles. The number of aromatic nitrogens is 4. The Kier molecular flexibility index (Phi) is 8.39. The molecule has 0 N–H and O–H groups in total. The first kappa shape index (κ1) is 27.5. The van der Waals surface area contributed by atoms with Gasteiger partial charge in [-0.3, -0.25) is 19.4 Å². The number of ether oxygens (including phenoxy) is 1. The lowest BCUT2D eigenvalue weighted by Crippen LogP contribution is -2.45. The summed E-state index contributed by atoms with van der Waals surface area (Å²) in [6.45, 7) is 8.69. The van der Waals surface area contributed by atoms with Gasteiger partial charge in [0.15, 0.2) is 0 Å². The summed E-state index contributed by atoms with van der Waals surface area (Å²) in [5, 5.41) is 5.82. The van der Waals surface area contributed by atoms with Crippen molar-refractivity contribution in [3.63, 3.8) is 0 Å². The van der Waals surface area contributed by atoms with Gasteiger partial charge in [-0.2, -0.15) is 5.10 Å². The van der Waals surface area contributed by atoms with Gasteiger partial charge in [-0.1, -0.05) is 12.5 Å². The Balaban J connectivity index is 0.000000195. The molecule has 3 aliphatic heterocycles. The van der Waals surface area contributed by atoms with Crippen molar-refractivity contribution < 1.29 is 9.53 Å². The maximum atomic E-state index is 10.8. The maximum Gasteiger partial charge on any atom is 0.298 e. The molecule has 3 aliphatic rings. The second-order valence-corrected chi connectivity index (χ2v) is 11.5. The minimum atomic E-state index is 0.441. The lowest BCUT2D eigenvalue weighted by atomic mass is 9.96. The summed E-state index contributed by atoms with van der Waals surface area (Å²) in [7, 11) is 2.24.